The SMILES string of the molecule is CN(C)NC(=O)c1ccc2oc(=O)n(C)c2c1. The van der Waals surface area contributed by atoms with E-state index < -0.39 is 5.76 Å². The van der Waals surface area contributed by atoms with E-state index in [0.29, 0.717) is 16.7 Å². The molecule has 0 bridgehead atoms. The Morgan fingerprint density at radius 2 is 2.12 bits per heavy atom. The minimum absolute atomic E-state index is 0.231. The smallest absolute Gasteiger partial charge is 0.408 e. The largest absolute Gasteiger partial charge is 0.419 e. The number of aromatic nitrogens is 1. The summed E-state index contributed by atoms with van der Waals surface area (Å²) in [6.45, 7) is 0. The van der Waals surface area contributed by atoms with Crippen molar-refractivity contribution in [2.75, 3.05) is 14.1 Å². The normalized spacial score (nSPS) is 11.1. The monoisotopic (exact) mass is 235 g/mol. The van der Waals surface area contributed by atoms with E-state index in [1.165, 1.54) is 4.57 Å². The fourth-order valence-electron chi connectivity index (χ4n) is 1.54. The van der Waals surface area contributed by atoms with E-state index in [1.54, 1.807) is 44.4 Å². The summed E-state index contributed by atoms with van der Waals surface area (Å²) >= 11 is 0. The lowest BCUT2D eigenvalue weighted by atomic mass is 10.2. The first-order chi connectivity index (χ1) is 7.99. The van der Waals surface area contributed by atoms with E-state index in [9.17, 15) is 9.59 Å². The number of hydrogen-bond acceptors (Lipinski definition) is 4. The van der Waals surface area contributed by atoms with Gasteiger partial charge in [-0.1, -0.05) is 0 Å². The van der Waals surface area contributed by atoms with Crippen molar-refractivity contribution in [1.82, 2.24) is 15.0 Å². The van der Waals surface area contributed by atoms with Crippen LogP contribution in [0.1, 0.15) is 10.4 Å². The lowest BCUT2D eigenvalue weighted by molar-refractivity contribution is 0.0857. The van der Waals surface area contributed by atoms with Gasteiger partial charge >= 0.3 is 5.76 Å². The summed E-state index contributed by atoms with van der Waals surface area (Å²) in [6, 6.07) is 4.85. The molecule has 0 aliphatic rings. The lowest BCUT2D eigenvalue weighted by Crippen LogP contribution is -2.36. The number of carbonyl (C=O) groups excluding carboxylic acids is 1. The van der Waals surface area contributed by atoms with Crippen LogP contribution in [0.25, 0.3) is 11.1 Å². The molecule has 0 fully saturated rings. The van der Waals surface area contributed by atoms with Crippen LogP contribution in [-0.2, 0) is 7.05 Å². The predicted octanol–water partition coefficient (Wildman–Crippen LogP) is 0.338. The fourth-order valence-corrected chi connectivity index (χ4v) is 1.54. The van der Waals surface area contributed by atoms with Crippen LogP contribution in [0.15, 0.2) is 27.4 Å². The molecule has 1 amide bonds. The summed E-state index contributed by atoms with van der Waals surface area (Å²) < 4.78 is 6.34. The van der Waals surface area contributed by atoms with Gasteiger partial charge in [0.2, 0.25) is 0 Å². The summed E-state index contributed by atoms with van der Waals surface area (Å²) in [7, 11) is 5.05. The molecule has 0 saturated heterocycles. The number of oxazole rings is 1. The number of hydrogen-bond donors (Lipinski definition) is 1. The summed E-state index contributed by atoms with van der Waals surface area (Å²) in [4.78, 5) is 23.0. The first kappa shape index (κ1) is 11.4. The zero-order valence-corrected chi connectivity index (χ0v) is 9.85. The minimum Gasteiger partial charge on any atom is -0.408 e. The molecule has 6 heteroatoms. The van der Waals surface area contributed by atoms with Crippen molar-refractivity contribution in [3.8, 4) is 0 Å². The van der Waals surface area contributed by atoms with Crippen LogP contribution >= 0.6 is 0 Å². The van der Waals surface area contributed by atoms with E-state index in [0.717, 1.165) is 0 Å². The first-order valence-corrected chi connectivity index (χ1v) is 5.07. The highest BCUT2D eigenvalue weighted by atomic mass is 16.4. The number of rotatable bonds is 2. The molecule has 1 aromatic heterocycles. The summed E-state index contributed by atoms with van der Waals surface area (Å²) in [5, 5.41) is 1.56. The van der Waals surface area contributed by atoms with Gasteiger partial charge in [-0.25, -0.2) is 9.80 Å². The van der Waals surface area contributed by atoms with Gasteiger partial charge in [-0.05, 0) is 18.2 Å². The quantitative estimate of drug-likeness (QED) is 0.762. The van der Waals surface area contributed by atoms with E-state index in [4.69, 9.17) is 4.42 Å². The van der Waals surface area contributed by atoms with Crippen LogP contribution in [0, 0.1) is 0 Å². The molecule has 2 rings (SSSR count). The second kappa shape index (κ2) is 4.06. The first-order valence-electron chi connectivity index (χ1n) is 5.07. The Hall–Kier alpha value is -2.08. The third-order valence-electron chi connectivity index (χ3n) is 2.38. The standard InChI is InChI=1S/C11H13N3O3/c1-13(2)12-10(15)7-4-5-9-8(6-7)14(3)11(16)17-9/h4-6H,1-3H3,(H,12,15). The lowest BCUT2D eigenvalue weighted by Gasteiger charge is -2.11. The van der Waals surface area contributed by atoms with E-state index in [1.807, 2.05) is 0 Å². The van der Waals surface area contributed by atoms with Gasteiger partial charge in [0.05, 0.1) is 5.52 Å². The summed E-state index contributed by atoms with van der Waals surface area (Å²) in [5.41, 5.74) is 4.17. The fraction of sp³-hybridized carbons (Fsp3) is 0.273. The Morgan fingerprint density at radius 3 is 2.76 bits per heavy atom. The van der Waals surface area contributed by atoms with Gasteiger partial charge in [-0.15, -0.1) is 0 Å². The number of fused-ring (bicyclic) bond motifs is 1. The topological polar surface area (TPSA) is 67.5 Å². The van der Waals surface area contributed by atoms with Gasteiger partial charge in [-0.2, -0.15) is 0 Å². The number of amides is 1. The van der Waals surface area contributed by atoms with Crippen molar-refractivity contribution < 1.29 is 9.21 Å². The van der Waals surface area contributed by atoms with Crippen LogP contribution in [-0.4, -0.2) is 29.6 Å². The van der Waals surface area contributed by atoms with Gasteiger partial charge in [0, 0.05) is 26.7 Å². The van der Waals surface area contributed by atoms with Gasteiger partial charge < -0.3 is 4.42 Å². The molecule has 0 atom stereocenters. The zero-order chi connectivity index (χ0) is 12.6. The molecule has 0 unspecified atom stereocenters. The third-order valence-corrected chi connectivity index (χ3v) is 2.38. The average Bonchev–Trinajstić information content (AvgIpc) is 2.54. The van der Waals surface area contributed by atoms with Crippen molar-refractivity contribution >= 4 is 17.0 Å². The number of aryl methyl sites for hydroxylation is 1. The Bertz CT molecular complexity index is 624. The van der Waals surface area contributed by atoms with Crippen molar-refractivity contribution in [3.05, 3.63) is 34.3 Å². The van der Waals surface area contributed by atoms with Gasteiger partial charge in [0.1, 0.15) is 0 Å². The van der Waals surface area contributed by atoms with Gasteiger partial charge in [0.15, 0.2) is 5.58 Å². The molecule has 0 aliphatic carbocycles. The molecule has 1 aromatic carbocycles. The zero-order valence-electron chi connectivity index (χ0n) is 9.85. The molecule has 0 spiro atoms. The molecular weight excluding hydrogens is 222 g/mol. The van der Waals surface area contributed by atoms with Crippen LogP contribution in [0.3, 0.4) is 0 Å². The molecule has 2 aromatic rings. The van der Waals surface area contributed by atoms with E-state index in [-0.39, 0.29) is 5.91 Å². The molecule has 17 heavy (non-hydrogen) atoms. The van der Waals surface area contributed by atoms with E-state index >= 15 is 0 Å². The van der Waals surface area contributed by atoms with E-state index in [2.05, 4.69) is 5.43 Å². The van der Waals surface area contributed by atoms with Gasteiger partial charge in [-0.3, -0.25) is 14.8 Å². The highest BCUT2D eigenvalue weighted by Gasteiger charge is 2.11. The molecule has 90 valence electrons. The van der Waals surface area contributed by atoms with Crippen LogP contribution in [0.4, 0.5) is 0 Å². The van der Waals surface area contributed by atoms with Crippen molar-refractivity contribution in [3.63, 3.8) is 0 Å². The maximum atomic E-state index is 11.7. The van der Waals surface area contributed by atoms with Crippen molar-refractivity contribution in [1.29, 1.82) is 0 Å². The number of hydrazine groups is 1. The molecule has 0 saturated carbocycles. The Balaban J connectivity index is 2.47. The predicted molar refractivity (Wildman–Crippen MR) is 62.6 cm³/mol. The second-order valence-corrected chi connectivity index (χ2v) is 3.94. The Kier molecular flexibility index (Phi) is 2.72. The summed E-state index contributed by atoms with van der Waals surface area (Å²) in [5.74, 6) is -0.671. The number of benzene rings is 1. The number of nitrogens with one attached hydrogen (secondary N) is 1. The van der Waals surface area contributed by atoms with Crippen LogP contribution in [0.5, 0.6) is 0 Å². The molecule has 1 N–H and O–H groups in total. The van der Waals surface area contributed by atoms with Crippen molar-refractivity contribution in [2.45, 2.75) is 0 Å². The average molecular weight is 235 g/mol. The maximum Gasteiger partial charge on any atom is 0.419 e. The van der Waals surface area contributed by atoms with Gasteiger partial charge in [0.25, 0.3) is 5.91 Å². The minimum atomic E-state index is -0.440. The third kappa shape index (κ3) is 2.07. The van der Waals surface area contributed by atoms with Crippen molar-refractivity contribution in [2.24, 2.45) is 7.05 Å². The number of nitrogens with zero attached hydrogens (tertiary/aromatic N) is 2. The van der Waals surface area contributed by atoms with Crippen LogP contribution in [0.2, 0.25) is 0 Å². The maximum absolute atomic E-state index is 11.7. The molecule has 1 heterocycles. The highest BCUT2D eigenvalue weighted by Crippen LogP contribution is 2.14. The van der Waals surface area contributed by atoms with Crippen LogP contribution < -0.4 is 11.2 Å². The molecule has 6 nitrogen and oxygen atoms in total. The second-order valence-electron chi connectivity index (χ2n) is 3.94. The molecule has 0 aliphatic heterocycles. The Labute approximate surface area is 97.4 Å². The summed E-state index contributed by atoms with van der Waals surface area (Å²) in [6.07, 6.45) is 0. The Morgan fingerprint density at radius 1 is 1.41 bits per heavy atom. The molecular formula is C11H13N3O3. The molecule has 0 radical (unpaired) electrons. The highest BCUT2D eigenvalue weighted by molar-refractivity contribution is 5.96. The number of carbonyl (C=O) groups is 1.